The predicted molar refractivity (Wildman–Crippen MR) is 85.0 cm³/mol. The lowest BCUT2D eigenvalue weighted by atomic mass is 9.87. The Labute approximate surface area is 127 Å². The summed E-state index contributed by atoms with van der Waals surface area (Å²) in [7, 11) is 0. The molecule has 0 aliphatic heterocycles. The van der Waals surface area contributed by atoms with Gasteiger partial charge >= 0.3 is 5.97 Å². The maximum absolute atomic E-state index is 11.2. The molecule has 1 aliphatic rings. The summed E-state index contributed by atoms with van der Waals surface area (Å²) in [6.45, 7) is 4.93. The third kappa shape index (κ3) is 4.73. The Balaban J connectivity index is 1.96. The molecular formula is C17H26N2O2. The van der Waals surface area contributed by atoms with E-state index in [1.165, 1.54) is 32.1 Å². The first kappa shape index (κ1) is 15.8. The zero-order valence-electron chi connectivity index (χ0n) is 13.1. The highest BCUT2D eigenvalue weighted by Crippen LogP contribution is 2.26. The lowest BCUT2D eigenvalue weighted by molar-refractivity contribution is 0.0696. The van der Waals surface area contributed by atoms with Crippen molar-refractivity contribution in [1.29, 1.82) is 0 Å². The van der Waals surface area contributed by atoms with Gasteiger partial charge in [0.25, 0.3) is 0 Å². The Morgan fingerprint density at radius 2 is 2.05 bits per heavy atom. The van der Waals surface area contributed by atoms with E-state index in [4.69, 9.17) is 0 Å². The van der Waals surface area contributed by atoms with Crippen LogP contribution in [-0.2, 0) is 0 Å². The summed E-state index contributed by atoms with van der Waals surface area (Å²) in [5, 5.41) is 12.5. The number of nitrogens with zero attached hydrogens (tertiary/aromatic N) is 1. The van der Waals surface area contributed by atoms with Crippen molar-refractivity contribution in [3.63, 3.8) is 0 Å². The molecule has 0 saturated heterocycles. The van der Waals surface area contributed by atoms with Gasteiger partial charge in [0.1, 0.15) is 5.82 Å². The summed E-state index contributed by atoms with van der Waals surface area (Å²) in [5.41, 5.74) is 1.14. The van der Waals surface area contributed by atoms with E-state index in [0.29, 0.717) is 11.4 Å². The van der Waals surface area contributed by atoms with Gasteiger partial charge in [-0.3, -0.25) is 0 Å². The van der Waals surface area contributed by atoms with Crippen molar-refractivity contribution < 1.29 is 9.90 Å². The van der Waals surface area contributed by atoms with E-state index in [1.54, 1.807) is 12.1 Å². The molecule has 1 fully saturated rings. The standard InChI is InChI=1S/C17H26N2O2/c1-12(2)15-10-14(17(20)21)11-16(19-15)18-9-8-13-6-4-3-5-7-13/h10-13H,3-9H2,1-2H3,(H,18,19)(H,20,21). The molecule has 0 radical (unpaired) electrons. The Kier molecular flexibility index (Phi) is 5.59. The molecule has 1 aromatic heterocycles. The van der Waals surface area contributed by atoms with Gasteiger partial charge in [0, 0.05) is 12.2 Å². The maximum Gasteiger partial charge on any atom is 0.335 e. The number of rotatable bonds is 6. The van der Waals surface area contributed by atoms with Gasteiger partial charge < -0.3 is 10.4 Å². The minimum atomic E-state index is -0.894. The van der Waals surface area contributed by atoms with Gasteiger partial charge in [-0.2, -0.15) is 0 Å². The predicted octanol–water partition coefficient (Wildman–Crippen LogP) is 4.29. The molecular weight excluding hydrogens is 264 g/mol. The number of carboxylic acid groups (broad SMARTS) is 1. The van der Waals surface area contributed by atoms with Crippen LogP contribution >= 0.6 is 0 Å². The molecule has 21 heavy (non-hydrogen) atoms. The quantitative estimate of drug-likeness (QED) is 0.820. The lowest BCUT2D eigenvalue weighted by Crippen LogP contribution is -2.13. The highest BCUT2D eigenvalue weighted by molar-refractivity contribution is 5.88. The summed E-state index contributed by atoms with van der Waals surface area (Å²) >= 11 is 0. The minimum absolute atomic E-state index is 0.225. The summed E-state index contributed by atoms with van der Waals surface area (Å²) < 4.78 is 0. The highest BCUT2D eigenvalue weighted by atomic mass is 16.4. The number of anilines is 1. The average molecular weight is 290 g/mol. The largest absolute Gasteiger partial charge is 0.478 e. The summed E-state index contributed by atoms with van der Waals surface area (Å²) in [4.78, 5) is 15.7. The van der Waals surface area contributed by atoms with Crippen molar-refractivity contribution in [2.75, 3.05) is 11.9 Å². The smallest absolute Gasteiger partial charge is 0.335 e. The third-order valence-corrected chi connectivity index (χ3v) is 4.27. The first-order valence-electron chi connectivity index (χ1n) is 8.05. The molecule has 0 unspecified atom stereocenters. The lowest BCUT2D eigenvalue weighted by Gasteiger charge is -2.21. The van der Waals surface area contributed by atoms with Crippen molar-refractivity contribution in [2.45, 2.75) is 58.3 Å². The van der Waals surface area contributed by atoms with Gasteiger partial charge in [-0.05, 0) is 30.4 Å². The Hall–Kier alpha value is -1.58. The van der Waals surface area contributed by atoms with Gasteiger partial charge in [0.2, 0.25) is 0 Å². The number of hydrogen-bond acceptors (Lipinski definition) is 3. The van der Waals surface area contributed by atoms with E-state index >= 15 is 0 Å². The van der Waals surface area contributed by atoms with Gasteiger partial charge in [0.15, 0.2) is 0 Å². The first-order chi connectivity index (χ1) is 10.1. The van der Waals surface area contributed by atoms with Gasteiger partial charge in [-0.15, -0.1) is 0 Å². The van der Waals surface area contributed by atoms with E-state index in [-0.39, 0.29) is 5.92 Å². The molecule has 2 rings (SSSR count). The number of carbonyl (C=O) groups is 1. The molecule has 0 bridgehead atoms. The topological polar surface area (TPSA) is 62.2 Å². The molecule has 0 amide bonds. The Morgan fingerprint density at radius 3 is 2.67 bits per heavy atom. The second-order valence-electron chi connectivity index (χ2n) is 6.35. The molecule has 116 valence electrons. The number of pyridine rings is 1. The van der Waals surface area contributed by atoms with Crippen LogP contribution in [0.5, 0.6) is 0 Å². The first-order valence-corrected chi connectivity index (χ1v) is 8.05. The van der Waals surface area contributed by atoms with E-state index in [0.717, 1.165) is 24.6 Å². The number of aromatic nitrogens is 1. The zero-order valence-corrected chi connectivity index (χ0v) is 13.1. The fourth-order valence-corrected chi connectivity index (χ4v) is 2.94. The van der Waals surface area contributed by atoms with Crippen LogP contribution in [0.4, 0.5) is 5.82 Å². The SMILES string of the molecule is CC(C)c1cc(C(=O)O)cc(NCCC2CCCCC2)n1. The molecule has 4 heteroatoms. The summed E-state index contributed by atoms with van der Waals surface area (Å²) in [6, 6.07) is 3.30. The molecule has 1 heterocycles. The molecule has 0 aromatic carbocycles. The van der Waals surface area contributed by atoms with Gasteiger partial charge in [-0.1, -0.05) is 46.0 Å². The third-order valence-electron chi connectivity index (χ3n) is 4.27. The van der Waals surface area contributed by atoms with Crippen LogP contribution in [-0.4, -0.2) is 22.6 Å². The minimum Gasteiger partial charge on any atom is -0.478 e. The molecule has 4 nitrogen and oxygen atoms in total. The Morgan fingerprint density at radius 1 is 1.33 bits per heavy atom. The van der Waals surface area contributed by atoms with Gasteiger partial charge in [-0.25, -0.2) is 9.78 Å². The van der Waals surface area contributed by atoms with Crippen LogP contribution in [0.2, 0.25) is 0 Å². The Bertz CT molecular complexity index is 480. The molecule has 2 N–H and O–H groups in total. The number of nitrogens with one attached hydrogen (secondary N) is 1. The second-order valence-corrected chi connectivity index (χ2v) is 6.35. The normalized spacial score (nSPS) is 16.1. The number of hydrogen-bond donors (Lipinski definition) is 2. The second kappa shape index (κ2) is 7.43. The van der Waals surface area contributed by atoms with Crippen LogP contribution in [0.25, 0.3) is 0 Å². The van der Waals surface area contributed by atoms with E-state index < -0.39 is 5.97 Å². The fraction of sp³-hybridized carbons (Fsp3) is 0.647. The summed E-state index contributed by atoms with van der Waals surface area (Å²) in [5.74, 6) is 0.839. The van der Waals surface area contributed by atoms with Crippen molar-refractivity contribution in [3.05, 3.63) is 23.4 Å². The van der Waals surface area contributed by atoms with Crippen LogP contribution in [0.15, 0.2) is 12.1 Å². The van der Waals surface area contributed by atoms with Crippen LogP contribution < -0.4 is 5.32 Å². The van der Waals surface area contributed by atoms with Crippen molar-refractivity contribution in [3.8, 4) is 0 Å². The fourth-order valence-electron chi connectivity index (χ4n) is 2.94. The molecule has 1 aliphatic carbocycles. The summed E-state index contributed by atoms with van der Waals surface area (Å²) in [6.07, 6.45) is 7.91. The molecule has 1 aromatic rings. The molecule has 0 spiro atoms. The average Bonchev–Trinajstić information content (AvgIpc) is 2.48. The monoisotopic (exact) mass is 290 g/mol. The van der Waals surface area contributed by atoms with Crippen molar-refractivity contribution in [2.24, 2.45) is 5.92 Å². The van der Waals surface area contributed by atoms with Gasteiger partial charge in [0.05, 0.1) is 5.56 Å². The van der Waals surface area contributed by atoms with Crippen molar-refractivity contribution in [1.82, 2.24) is 4.98 Å². The van der Waals surface area contributed by atoms with Crippen molar-refractivity contribution >= 4 is 11.8 Å². The maximum atomic E-state index is 11.2. The van der Waals surface area contributed by atoms with E-state index in [2.05, 4.69) is 10.3 Å². The number of carboxylic acids is 1. The molecule has 0 atom stereocenters. The van der Waals surface area contributed by atoms with Crippen LogP contribution in [0.1, 0.15) is 74.3 Å². The van der Waals surface area contributed by atoms with Crippen LogP contribution in [0, 0.1) is 5.92 Å². The van der Waals surface area contributed by atoms with Crippen LogP contribution in [0.3, 0.4) is 0 Å². The zero-order chi connectivity index (χ0) is 15.2. The number of aromatic carboxylic acids is 1. The van der Waals surface area contributed by atoms with E-state index in [1.807, 2.05) is 13.8 Å². The van der Waals surface area contributed by atoms with E-state index in [9.17, 15) is 9.90 Å². The molecule has 1 saturated carbocycles. The highest BCUT2D eigenvalue weighted by Gasteiger charge is 2.14.